The number of nitrogens with zero attached hydrogens (tertiary/aromatic N) is 2. The number of hydrogen-bond donors (Lipinski definition) is 7. The van der Waals surface area contributed by atoms with Gasteiger partial charge in [0.1, 0.15) is 36.6 Å². The molecule has 2 aromatic heterocycles. The smallest absolute Gasteiger partial charge is 0.328 e. The number of benzene rings is 1. The summed E-state index contributed by atoms with van der Waals surface area (Å²) in [6.45, 7) is -0.0758. The molecule has 47 heavy (non-hydrogen) atoms. The molecule has 6 rings (SSSR count). The number of aromatic amines is 2. The Hall–Kier alpha value is -2.32. The van der Waals surface area contributed by atoms with Crippen LogP contribution in [0.1, 0.15) is 23.9 Å². The highest BCUT2D eigenvalue weighted by Crippen LogP contribution is 2.35. The summed E-state index contributed by atoms with van der Waals surface area (Å²) < 4.78 is 25.6. The first-order chi connectivity index (χ1) is 22.5. The second-order valence-corrected chi connectivity index (χ2v) is 12.8. The molecule has 3 aliphatic heterocycles. The van der Waals surface area contributed by atoms with E-state index >= 15 is 0 Å². The van der Waals surface area contributed by atoms with Crippen LogP contribution < -0.4 is 22.5 Å². The van der Waals surface area contributed by atoms with Gasteiger partial charge in [0.25, 0.3) is 11.1 Å². The molecule has 1 aromatic carbocycles. The zero-order valence-electron chi connectivity index (χ0n) is 24.7. The summed E-state index contributed by atoms with van der Waals surface area (Å²) in [4.78, 5) is 51.1. The van der Waals surface area contributed by atoms with Crippen molar-refractivity contribution in [1.82, 2.24) is 19.1 Å². The monoisotopic (exact) mass is 888 g/mol. The van der Waals surface area contributed by atoms with Gasteiger partial charge in [0.2, 0.25) is 0 Å². The lowest BCUT2D eigenvalue weighted by atomic mass is 9.97. The first-order valence-electron chi connectivity index (χ1n) is 14.2. The summed E-state index contributed by atoms with van der Waals surface area (Å²) in [6.07, 6.45) is -3.40. The molecule has 17 nitrogen and oxygen atoms in total. The fourth-order valence-corrected chi connectivity index (χ4v) is 6.12. The third-order valence-corrected chi connectivity index (χ3v) is 9.23. The third-order valence-electron chi connectivity index (χ3n) is 7.69. The Morgan fingerprint density at radius 3 is 1.85 bits per heavy atom. The summed E-state index contributed by atoms with van der Waals surface area (Å²) in [5, 5.41) is 46.6. The Kier molecular flexibility index (Phi) is 13.5. The topological polar surface area (TPSA) is 248 Å². The summed E-state index contributed by atoms with van der Waals surface area (Å²) in [6, 6.07) is 7.94. The van der Waals surface area contributed by atoms with Crippen molar-refractivity contribution in [2.24, 2.45) is 0 Å². The van der Waals surface area contributed by atoms with Crippen LogP contribution in [-0.2, 0) is 18.9 Å². The third kappa shape index (κ3) is 8.46. The zero-order chi connectivity index (χ0) is 34.4. The molecule has 3 aliphatic rings. The molecule has 7 N–H and O–H groups in total. The highest BCUT2D eigenvalue weighted by atomic mass is 127. The average molecular weight is 888 g/mol. The van der Waals surface area contributed by atoms with E-state index < -0.39 is 84.1 Å². The van der Waals surface area contributed by atoms with Crippen molar-refractivity contribution in [2.45, 2.75) is 55.0 Å². The van der Waals surface area contributed by atoms with Gasteiger partial charge in [-0.15, -0.1) is 0 Å². The summed E-state index contributed by atoms with van der Waals surface area (Å²) in [5.74, 6) is 0. The summed E-state index contributed by atoms with van der Waals surface area (Å²) >= 11 is 3.60. The number of aliphatic hydroxyl groups excluding tert-OH is 5. The number of halogens is 2. The van der Waals surface area contributed by atoms with E-state index in [9.17, 15) is 34.5 Å². The molecule has 0 bridgehead atoms. The van der Waals surface area contributed by atoms with Crippen LogP contribution >= 0.6 is 45.2 Å². The summed E-state index contributed by atoms with van der Waals surface area (Å²) in [5.41, 5.74) is -1.40. The number of hydrogen-bond acceptors (Lipinski definition) is 13. The van der Waals surface area contributed by atoms with Crippen molar-refractivity contribution >= 4 is 45.2 Å². The van der Waals surface area contributed by atoms with E-state index in [1.165, 1.54) is 17.0 Å². The van der Waals surface area contributed by atoms with Crippen LogP contribution in [0.4, 0.5) is 0 Å². The molecule has 5 heterocycles. The van der Waals surface area contributed by atoms with Gasteiger partial charge < -0.3 is 44.5 Å². The van der Waals surface area contributed by atoms with E-state index in [4.69, 9.17) is 29.2 Å². The average Bonchev–Trinajstić information content (AvgIpc) is 3.08. The maximum atomic E-state index is 12.2. The van der Waals surface area contributed by atoms with Gasteiger partial charge >= 0.3 is 11.4 Å². The lowest BCUT2D eigenvalue weighted by Crippen LogP contribution is -2.57. The summed E-state index contributed by atoms with van der Waals surface area (Å²) in [7, 11) is 1.00. The first kappa shape index (κ1) is 37.5. The second kappa shape index (κ2) is 16.9. The molecular weight excluding hydrogens is 854 g/mol. The van der Waals surface area contributed by atoms with Crippen LogP contribution in [0.2, 0.25) is 0 Å². The number of H-pyrrole nitrogens is 2. The molecule has 0 spiro atoms. The molecule has 0 amide bonds. The number of ether oxygens (including phenoxy) is 4. The van der Waals surface area contributed by atoms with Crippen LogP contribution in [-0.4, -0.2) is 115 Å². The predicted octanol–water partition coefficient (Wildman–Crippen LogP) is -2.04. The molecule has 0 aliphatic carbocycles. The van der Waals surface area contributed by atoms with Gasteiger partial charge in [-0.05, 0) is 45.2 Å². The number of aromatic nitrogens is 4. The fourth-order valence-electron chi connectivity index (χ4n) is 5.25. The molecule has 3 aromatic rings. The minimum absolute atomic E-state index is 0.0501. The largest absolute Gasteiger partial charge is 0.400 e. The molecule has 9 atom stereocenters. The van der Waals surface area contributed by atoms with Gasteiger partial charge in [0, 0.05) is 25.1 Å². The number of aliphatic hydroxyl groups is 5. The van der Waals surface area contributed by atoms with Crippen molar-refractivity contribution in [3.8, 4) is 0 Å². The maximum Gasteiger partial charge on any atom is 0.328 e. The van der Waals surface area contributed by atoms with Crippen LogP contribution in [0.25, 0.3) is 0 Å². The normalized spacial score (nSPS) is 30.2. The van der Waals surface area contributed by atoms with Gasteiger partial charge in [-0.25, -0.2) is 9.59 Å². The molecular formula is C28H34I2N4O13. The molecule has 19 heteroatoms. The Morgan fingerprint density at radius 1 is 0.766 bits per heavy atom. The number of rotatable bonds is 4. The van der Waals surface area contributed by atoms with E-state index in [2.05, 4.69) is 9.97 Å². The van der Waals surface area contributed by atoms with Crippen LogP contribution in [0.3, 0.4) is 0 Å². The van der Waals surface area contributed by atoms with Crippen molar-refractivity contribution < 1.29 is 44.5 Å². The van der Waals surface area contributed by atoms with Gasteiger partial charge in [-0.2, -0.15) is 0 Å². The van der Waals surface area contributed by atoms with E-state index in [0.29, 0.717) is 3.57 Å². The molecule has 1 unspecified atom stereocenters. The van der Waals surface area contributed by atoms with Gasteiger partial charge in [-0.1, -0.05) is 30.3 Å². The van der Waals surface area contributed by atoms with Crippen LogP contribution in [0.15, 0.2) is 61.9 Å². The quantitative estimate of drug-likeness (QED) is 0.140. The lowest BCUT2D eigenvalue weighted by Gasteiger charge is -2.45. The van der Waals surface area contributed by atoms with Crippen LogP contribution in [0.5, 0.6) is 0 Å². The van der Waals surface area contributed by atoms with Gasteiger partial charge in [0.05, 0.1) is 45.7 Å². The molecule has 3 fully saturated rings. The van der Waals surface area contributed by atoms with Crippen molar-refractivity contribution in [2.75, 3.05) is 33.5 Å². The predicted molar refractivity (Wildman–Crippen MR) is 179 cm³/mol. The minimum Gasteiger partial charge on any atom is -0.400 e. The zero-order valence-corrected chi connectivity index (χ0v) is 29.0. The lowest BCUT2D eigenvalue weighted by molar-refractivity contribution is -0.306. The maximum absolute atomic E-state index is 12.2. The Labute approximate surface area is 293 Å². The van der Waals surface area contributed by atoms with E-state index in [0.717, 1.165) is 17.2 Å². The van der Waals surface area contributed by atoms with Crippen molar-refractivity contribution in [3.63, 3.8) is 0 Å². The highest BCUT2D eigenvalue weighted by Gasteiger charge is 2.46. The standard InChI is InChI=1S/C17H17IN2O6.C10H13IN2O6.CH4O/c18-10-6-20(17(23)19-15(10)22)11-7-24-12-8-25-16(26-14(12)13(11)21)9-4-2-1-3-5-9;11-4-1-13(10(18)12-9(4)17)5-3-19-6(2-14)8(16)7(5)15;1-2/h1-6,11-14,16,21H,7-8H2,(H,19,22,23);1,5-8,14-16H,2-3H2,(H,12,17,18);2H,1H3/t11-,12-,13+,14-,16?;5-,6-,7+,8-;/m11./s1. The second-order valence-electron chi connectivity index (χ2n) is 10.5. The Balaban J connectivity index is 0.000000212. The molecule has 0 radical (unpaired) electrons. The van der Waals surface area contributed by atoms with Gasteiger partial charge in [0.15, 0.2) is 6.29 Å². The van der Waals surface area contributed by atoms with E-state index in [1.807, 2.05) is 52.9 Å². The van der Waals surface area contributed by atoms with Crippen molar-refractivity contribution in [1.29, 1.82) is 0 Å². The Morgan fingerprint density at radius 2 is 1.30 bits per heavy atom. The molecule has 258 valence electrons. The van der Waals surface area contributed by atoms with E-state index in [1.54, 1.807) is 22.6 Å². The highest BCUT2D eigenvalue weighted by molar-refractivity contribution is 14.1. The minimum atomic E-state index is -1.31. The number of nitrogens with one attached hydrogen (secondary N) is 2. The Bertz CT molecular complexity index is 1720. The van der Waals surface area contributed by atoms with Gasteiger partial charge in [-0.3, -0.25) is 28.7 Å². The first-order valence-corrected chi connectivity index (χ1v) is 16.3. The number of fused-ring (bicyclic) bond motifs is 1. The molecule has 0 saturated carbocycles. The SMILES string of the molecule is CO.O=c1[nH]c(=O)n([C@@H]2CO[C@@H]3COC(c4ccccc4)O[C@H]3[C@H]2O)cc1I.O=c1[nH]c(=O)n([C@@H]2CO[C@H](CO)[C@@H](O)[C@H]2O)cc1I. The fraction of sp³-hybridized carbons (Fsp3) is 0.500. The van der Waals surface area contributed by atoms with E-state index in [-0.39, 0.29) is 23.4 Å². The van der Waals surface area contributed by atoms with Crippen LogP contribution in [0, 0.1) is 7.14 Å². The molecule has 3 saturated heterocycles. The van der Waals surface area contributed by atoms with Crippen molar-refractivity contribution in [3.05, 3.63) is 97.1 Å².